The second kappa shape index (κ2) is 6.05. The molecule has 1 saturated carbocycles. The van der Waals surface area contributed by atoms with Crippen LogP contribution >= 0.6 is 0 Å². The number of nitrogens with two attached hydrogens (primary N) is 1. The van der Waals surface area contributed by atoms with Gasteiger partial charge in [-0.3, -0.25) is 9.28 Å². The van der Waals surface area contributed by atoms with Gasteiger partial charge in [0.05, 0.1) is 31.0 Å². The first-order valence-electron chi connectivity index (χ1n) is 8.13. The molecule has 0 aromatic carbocycles. The highest BCUT2D eigenvalue weighted by Gasteiger charge is 2.53. The number of carbonyl (C=O) groups excluding carboxylic acids is 1. The van der Waals surface area contributed by atoms with Crippen molar-refractivity contribution in [3.63, 3.8) is 0 Å². The largest absolute Gasteiger partial charge is 0.481 e. The van der Waals surface area contributed by atoms with Crippen molar-refractivity contribution < 1.29 is 19.2 Å². The van der Waals surface area contributed by atoms with E-state index in [-0.39, 0.29) is 30.2 Å². The lowest BCUT2D eigenvalue weighted by molar-refractivity contribution is -0.897. The molecule has 0 spiro atoms. The van der Waals surface area contributed by atoms with Crippen molar-refractivity contribution in [2.75, 3.05) is 13.1 Å². The molecule has 2 fully saturated rings. The van der Waals surface area contributed by atoms with Crippen LogP contribution in [0.1, 0.15) is 46.5 Å². The molecule has 1 aliphatic heterocycles. The Morgan fingerprint density at radius 1 is 1.24 bits per heavy atom. The molecule has 0 bridgehead atoms. The quantitative estimate of drug-likeness (QED) is 0.773. The van der Waals surface area contributed by atoms with Crippen LogP contribution < -0.4 is 5.73 Å². The molecule has 5 heteroatoms. The average molecular weight is 297 g/mol. The third-order valence-corrected chi connectivity index (χ3v) is 5.22. The van der Waals surface area contributed by atoms with Gasteiger partial charge in [-0.05, 0) is 26.2 Å². The smallest absolute Gasteiger partial charge is 0.316 e. The summed E-state index contributed by atoms with van der Waals surface area (Å²) in [4.78, 5) is 24.0. The van der Waals surface area contributed by atoms with Crippen LogP contribution in [0.3, 0.4) is 0 Å². The van der Waals surface area contributed by atoms with Crippen LogP contribution in [0, 0.1) is 17.8 Å². The highest BCUT2D eigenvalue weighted by molar-refractivity contribution is 5.72. The van der Waals surface area contributed by atoms with Crippen molar-refractivity contribution >= 4 is 11.9 Å². The van der Waals surface area contributed by atoms with Gasteiger partial charge in [0.1, 0.15) is 6.54 Å². The predicted molar refractivity (Wildman–Crippen MR) is 80.4 cm³/mol. The standard InChI is InChI=1S/C16H28N2O3/c1-10(2)16(21)18(14-4-11(3)5-14)8-12(7-15(19)20)6-13(17)9-18/h10-14H,4-9,17H2,1-3H3/p+1. The average Bonchev–Trinajstić information content (AvgIpc) is 2.32. The number of carbonyl (C=O) groups is 2. The van der Waals surface area contributed by atoms with E-state index in [0.29, 0.717) is 29.5 Å². The van der Waals surface area contributed by atoms with Crippen molar-refractivity contribution in [1.29, 1.82) is 0 Å². The van der Waals surface area contributed by atoms with Gasteiger partial charge in [-0.2, -0.15) is 0 Å². The molecular weight excluding hydrogens is 268 g/mol. The number of nitrogens with zero attached hydrogens (tertiary/aromatic N) is 1. The summed E-state index contributed by atoms with van der Waals surface area (Å²) >= 11 is 0. The normalized spacial score (nSPS) is 39.9. The van der Waals surface area contributed by atoms with Gasteiger partial charge in [-0.1, -0.05) is 6.92 Å². The van der Waals surface area contributed by atoms with Gasteiger partial charge in [0.15, 0.2) is 0 Å². The SMILES string of the molecule is CC1CC([N+]2(C(=O)C(C)C)CC(N)CC(CC(=O)O)C2)C1. The Labute approximate surface area is 127 Å². The molecule has 5 nitrogen and oxygen atoms in total. The molecule has 0 aromatic rings. The number of carboxylic acid groups (broad SMARTS) is 1. The first-order chi connectivity index (χ1) is 9.74. The lowest BCUT2D eigenvalue weighted by atomic mass is 9.76. The Morgan fingerprint density at radius 3 is 2.33 bits per heavy atom. The van der Waals surface area contributed by atoms with Gasteiger partial charge >= 0.3 is 11.9 Å². The van der Waals surface area contributed by atoms with Gasteiger partial charge in [-0.15, -0.1) is 0 Å². The van der Waals surface area contributed by atoms with E-state index in [0.717, 1.165) is 19.3 Å². The molecule has 1 amide bonds. The third kappa shape index (κ3) is 3.29. The summed E-state index contributed by atoms with van der Waals surface area (Å²) in [6.45, 7) is 7.44. The fourth-order valence-corrected chi connectivity index (χ4v) is 4.36. The summed E-state index contributed by atoms with van der Waals surface area (Å²) in [6.07, 6.45) is 2.97. The monoisotopic (exact) mass is 297 g/mol. The highest BCUT2D eigenvalue weighted by Crippen LogP contribution is 2.41. The Balaban J connectivity index is 2.25. The maximum atomic E-state index is 12.9. The fraction of sp³-hybridized carbons (Fsp3) is 0.875. The lowest BCUT2D eigenvalue weighted by Crippen LogP contribution is -2.71. The molecule has 1 saturated heterocycles. The summed E-state index contributed by atoms with van der Waals surface area (Å²) in [5.41, 5.74) is 6.20. The molecule has 21 heavy (non-hydrogen) atoms. The zero-order valence-electron chi connectivity index (χ0n) is 13.4. The van der Waals surface area contributed by atoms with Gasteiger partial charge < -0.3 is 10.8 Å². The van der Waals surface area contributed by atoms with Crippen LogP contribution in [-0.4, -0.2) is 46.6 Å². The van der Waals surface area contributed by atoms with E-state index in [9.17, 15) is 9.59 Å². The summed E-state index contributed by atoms with van der Waals surface area (Å²) in [5.74, 6) is 0.117. The minimum absolute atomic E-state index is 0.0184. The number of rotatable bonds is 4. The molecule has 2 aliphatic rings. The first kappa shape index (κ1) is 16.4. The maximum Gasteiger partial charge on any atom is 0.316 e. The molecule has 1 aliphatic carbocycles. The third-order valence-electron chi connectivity index (χ3n) is 5.22. The zero-order valence-corrected chi connectivity index (χ0v) is 13.4. The summed E-state index contributed by atoms with van der Waals surface area (Å²) < 4.78 is 0.432. The van der Waals surface area contributed by atoms with Gasteiger partial charge in [-0.25, -0.2) is 4.79 Å². The topological polar surface area (TPSA) is 80.4 Å². The predicted octanol–water partition coefficient (Wildman–Crippen LogP) is 1.61. The van der Waals surface area contributed by atoms with Crippen LogP contribution in [0.15, 0.2) is 0 Å². The van der Waals surface area contributed by atoms with Crippen LogP contribution in [0.4, 0.5) is 0 Å². The summed E-state index contributed by atoms with van der Waals surface area (Å²) in [5, 5.41) is 9.09. The van der Waals surface area contributed by atoms with Gasteiger partial charge in [0, 0.05) is 18.8 Å². The molecule has 120 valence electrons. The number of likely N-dealkylation sites (tertiary alicyclic amines) is 1. The Kier molecular flexibility index (Phi) is 4.73. The van der Waals surface area contributed by atoms with Crippen LogP contribution in [-0.2, 0) is 9.59 Å². The minimum atomic E-state index is -0.786. The number of aliphatic carboxylic acids is 1. The lowest BCUT2D eigenvalue weighted by Gasteiger charge is -2.53. The fourth-order valence-electron chi connectivity index (χ4n) is 4.36. The summed E-state index contributed by atoms with van der Waals surface area (Å²) in [7, 11) is 0. The van der Waals surface area contributed by atoms with E-state index in [1.165, 1.54) is 0 Å². The Bertz CT molecular complexity index is 418. The van der Waals surface area contributed by atoms with E-state index >= 15 is 0 Å². The van der Waals surface area contributed by atoms with Crippen molar-refractivity contribution in [2.24, 2.45) is 23.5 Å². The number of hydrogen-bond donors (Lipinski definition) is 2. The number of carboxylic acids is 1. The Hall–Kier alpha value is -0.940. The summed E-state index contributed by atoms with van der Waals surface area (Å²) in [6, 6.07) is 0.277. The molecule has 1 heterocycles. The van der Waals surface area contributed by atoms with Crippen molar-refractivity contribution in [2.45, 2.75) is 58.5 Å². The second-order valence-corrected chi connectivity index (χ2v) is 7.58. The number of quaternary nitrogens is 1. The van der Waals surface area contributed by atoms with Crippen molar-refractivity contribution in [1.82, 2.24) is 0 Å². The Morgan fingerprint density at radius 2 is 1.86 bits per heavy atom. The number of hydrogen-bond acceptors (Lipinski definition) is 3. The highest BCUT2D eigenvalue weighted by atomic mass is 16.4. The maximum absolute atomic E-state index is 12.9. The first-order valence-corrected chi connectivity index (χ1v) is 8.13. The van der Waals surface area contributed by atoms with Crippen LogP contribution in [0.2, 0.25) is 0 Å². The van der Waals surface area contributed by atoms with E-state index in [2.05, 4.69) is 6.92 Å². The van der Waals surface area contributed by atoms with E-state index < -0.39 is 5.97 Å². The molecule has 2 rings (SSSR count). The zero-order chi connectivity index (χ0) is 15.8. The molecule has 0 radical (unpaired) electrons. The van der Waals surface area contributed by atoms with Crippen molar-refractivity contribution in [3.05, 3.63) is 0 Å². The van der Waals surface area contributed by atoms with E-state index in [4.69, 9.17) is 10.8 Å². The molecule has 3 N–H and O–H groups in total. The van der Waals surface area contributed by atoms with E-state index in [1.54, 1.807) is 0 Å². The number of piperidine rings is 1. The minimum Gasteiger partial charge on any atom is -0.481 e. The van der Waals surface area contributed by atoms with E-state index in [1.807, 2.05) is 13.8 Å². The van der Waals surface area contributed by atoms with Gasteiger partial charge in [0.25, 0.3) is 0 Å². The van der Waals surface area contributed by atoms with Gasteiger partial charge in [0.2, 0.25) is 0 Å². The molecule has 3 unspecified atom stereocenters. The molecule has 0 aromatic heterocycles. The molecule has 3 atom stereocenters. The molecular formula is C16H29N2O3+. The van der Waals surface area contributed by atoms with Crippen molar-refractivity contribution in [3.8, 4) is 0 Å². The number of amides is 1. The van der Waals surface area contributed by atoms with Crippen LogP contribution in [0.5, 0.6) is 0 Å². The second-order valence-electron chi connectivity index (χ2n) is 7.58. The van der Waals surface area contributed by atoms with Crippen LogP contribution in [0.25, 0.3) is 0 Å².